The number of urea groups is 1. The topological polar surface area (TPSA) is 70.2 Å². The number of rotatable bonds is 4. The van der Waals surface area contributed by atoms with E-state index in [1.165, 1.54) is 16.8 Å². The van der Waals surface area contributed by atoms with Crippen LogP contribution in [0.15, 0.2) is 0 Å². The molecular formula is C14H27N3O4. The first-order valence-corrected chi connectivity index (χ1v) is 6.87. The van der Waals surface area contributed by atoms with Crippen LogP contribution in [-0.2, 0) is 9.53 Å². The van der Waals surface area contributed by atoms with E-state index >= 15 is 0 Å². The van der Waals surface area contributed by atoms with Gasteiger partial charge in [-0.3, -0.25) is 9.69 Å². The predicted molar refractivity (Wildman–Crippen MR) is 80.0 cm³/mol. The summed E-state index contributed by atoms with van der Waals surface area (Å²) in [6, 6.07) is -0.361. The van der Waals surface area contributed by atoms with Crippen molar-refractivity contribution in [2.75, 3.05) is 34.7 Å². The van der Waals surface area contributed by atoms with Gasteiger partial charge in [0.25, 0.3) is 0 Å². The first-order valence-electron chi connectivity index (χ1n) is 6.87. The van der Waals surface area contributed by atoms with Crippen LogP contribution in [0, 0.1) is 0 Å². The summed E-state index contributed by atoms with van der Waals surface area (Å²) < 4.78 is 5.21. The molecular weight excluding hydrogens is 274 g/mol. The third kappa shape index (κ3) is 7.53. The molecule has 0 aromatic rings. The number of hydrogen-bond donors (Lipinski definition) is 0. The minimum atomic E-state index is -0.542. The fourth-order valence-electron chi connectivity index (χ4n) is 1.47. The highest BCUT2D eigenvalue weighted by atomic mass is 16.6. The molecule has 0 heterocycles. The molecule has 0 aromatic heterocycles. The van der Waals surface area contributed by atoms with Gasteiger partial charge >= 0.3 is 12.1 Å². The van der Waals surface area contributed by atoms with Crippen LogP contribution in [0.3, 0.4) is 0 Å². The van der Waals surface area contributed by atoms with Crippen molar-refractivity contribution < 1.29 is 19.1 Å². The molecule has 0 rings (SSSR count). The second-order valence-electron chi connectivity index (χ2n) is 6.14. The predicted octanol–water partition coefficient (Wildman–Crippen LogP) is 1.77. The number of carbonyl (C=O) groups is 3. The molecule has 0 aliphatic rings. The number of nitrogens with zero attached hydrogens (tertiary/aromatic N) is 3. The minimum absolute atomic E-state index is 0.198. The van der Waals surface area contributed by atoms with E-state index in [9.17, 15) is 14.4 Å². The van der Waals surface area contributed by atoms with E-state index in [2.05, 4.69) is 0 Å². The lowest BCUT2D eigenvalue weighted by Crippen LogP contribution is -2.40. The fraction of sp³-hybridized carbons (Fsp3) is 0.786. The van der Waals surface area contributed by atoms with Crippen molar-refractivity contribution >= 4 is 18.0 Å². The van der Waals surface area contributed by atoms with E-state index in [4.69, 9.17) is 4.74 Å². The van der Waals surface area contributed by atoms with Gasteiger partial charge in [0.05, 0.1) is 0 Å². The zero-order chi connectivity index (χ0) is 16.8. The second kappa shape index (κ2) is 7.85. The fourth-order valence-corrected chi connectivity index (χ4v) is 1.47. The summed E-state index contributed by atoms with van der Waals surface area (Å²) in [6.07, 6.45) is 0.246. The highest BCUT2D eigenvalue weighted by Crippen LogP contribution is 2.09. The van der Waals surface area contributed by atoms with Crippen molar-refractivity contribution in [3.05, 3.63) is 0 Å². The Morgan fingerprint density at radius 1 is 1.00 bits per heavy atom. The molecule has 7 nitrogen and oxygen atoms in total. The van der Waals surface area contributed by atoms with Crippen molar-refractivity contribution in [2.24, 2.45) is 0 Å². The molecule has 0 aliphatic heterocycles. The molecule has 4 amide bonds. The van der Waals surface area contributed by atoms with Crippen molar-refractivity contribution in [1.29, 1.82) is 0 Å². The van der Waals surface area contributed by atoms with Crippen molar-refractivity contribution in [3.8, 4) is 0 Å². The highest BCUT2D eigenvalue weighted by molar-refractivity contribution is 5.93. The lowest BCUT2D eigenvalue weighted by atomic mass is 10.2. The Morgan fingerprint density at radius 2 is 1.52 bits per heavy atom. The molecule has 21 heavy (non-hydrogen) atoms. The van der Waals surface area contributed by atoms with E-state index in [1.54, 1.807) is 41.9 Å². The van der Waals surface area contributed by atoms with Gasteiger partial charge in [0.15, 0.2) is 0 Å². The van der Waals surface area contributed by atoms with Gasteiger partial charge in [0.2, 0.25) is 5.91 Å². The Balaban J connectivity index is 4.17. The number of carbonyl (C=O) groups excluding carboxylic acids is 3. The molecule has 0 saturated heterocycles. The molecule has 0 atom stereocenters. The number of amides is 4. The number of imide groups is 1. The highest BCUT2D eigenvalue weighted by Gasteiger charge is 2.21. The van der Waals surface area contributed by atoms with Gasteiger partial charge in [-0.1, -0.05) is 0 Å². The lowest BCUT2D eigenvalue weighted by Gasteiger charge is -2.25. The van der Waals surface area contributed by atoms with Crippen LogP contribution in [0.1, 0.15) is 33.6 Å². The molecule has 0 bridgehead atoms. The SMILES string of the molecule is CN(C)C(=O)N(C)C(=O)CCCN(C)C(=O)OC(C)(C)C. The van der Waals surface area contributed by atoms with Gasteiger partial charge in [-0.2, -0.15) is 0 Å². The maximum Gasteiger partial charge on any atom is 0.410 e. The van der Waals surface area contributed by atoms with Crippen molar-refractivity contribution in [2.45, 2.75) is 39.2 Å². The molecule has 0 spiro atoms. The summed E-state index contributed by atoms with van der Waals surface area (Å²) in [6.45, 7) is 5.78. The summed E-state index contributed by atoms with van der Waals surface area (Å²) in [5.41, 5.74) is -0.542. The summed E-state index contributed by atoms with van der Waals surface area (Å²) in [5.74, 6) is -0.272. The largest absolute Gasteiger partial charge is 0.444 e. The second-order valence-corrected chi connectivity index (χ2v) is 6.14. The molecule has 0 aliphatic carbocycles. The van der Waals surface area contributed by atoms with Gasteiger partial charge in [-0.15, -0.1) is 0 Å². The van der Waals surface area contributed by atoms with Gasteiger partial charge in [-0.05, 0) is 27.2 Å². The van der Waals surface area contributed by atoms with Crippen LogP contribution in [0.2, 0.25) is 0 Å². The maximum atomic E-state index is 11.8. The standard InChI is InChI=1S/C14H27N3O4/c1-14(2,3)21-13(20)16(6)10-8-9-11(18)17(7)12(19)15(4)5/h8-10H2,1-7H3. The van der Waals surface area contributed by atoms with E-state index in [0.717, 1.165) is 4.90 Å². The zero-order valence-corrected chi connectivity index (χ0v) is 14.1. The third-order valence-corrected chi connectivity index (χ3v) is 2.63. The molecule has 0 N–H and O–H groups in total. The maximum absolute atomic E-state index is 11.8. The Morgan fingerprint density at radius 3 is 1.95 bits per heavy atom. The Bertz CT molecular complexity index is 388. The Labute approximate surface area is 126 Å². The van der Waals surface area contributed by atoms with Gasteiger partial charge in [0, 0.05) is 41.2 Å². The van der Waals surface area contributed by atoms with Crippen LogP contribution < -0.4 is 0 Å². The van der Waals surface area contributed by atoms with E-state index < -0.39 is 11.7 Å². The normalized spacial score (nSPS) is 10.8. The van der Waals surface area contributed by atoms with Crippen LogP contribution in [0.4, 0.5) is 9.59 Å². The molecule has 122 valence electrons. The van der Waals surface area contributed by atoms with Crippen LogP contribution in [0.5, 0.6) is 0 Å². The number of hydrogen-bond acceptors (Lipinski definition) is 4. The van der Waals surface area contributed by atoms with E-state index in [1.807, 2.05) is 0 Å². The summed E-state index contributed by atoms with van der Waals surface area (Å²) in [4.78, 5) is 39.0. The van der Waals surface area contributed by atoms with E-state index in [-0.39, 0.29) is 18.4 Å². The quantitative estimate of drug-likeness (QED) is 0.793. The molecule has 0 saturated carbocycles. The first-order chi connectivity index (χ1) is 9.45. The smallest absolute Gasteiger partial charge is 0.410 e. The average molecular weight is 301 g/mol. The average Bonchev–Trinajstić information content (AvgIpc) is 2.34. The summed E-state index contributed by atoms with van der Waals surface area (Å²) in [7, 11) is 6.24. The first kappa shape index (κ1) is 19.2. The van der Waals surface area contributed by atoms with Crippen LogP contribution in [-0.4, -0.2) is 73.1 Å². The zero-order valence-electron chi connectivity index (χ0n) is 14.1. The van der Waals surface area contributed by atoms with Gasteiger partial charge in [-0.25, -0.2) is 9.59 Å². The Kier molecular flexibility index (Phi) is 7.18. The van der Waals surface area contributed by atoms with E-state index in [0.29, 0.717) is 13.0 Å². The van der Waals surface area contributed by atoms with Gasteiger partial charge < -0.3 is 14.5 Å². The molecule has 0 fully saturated rings. The molecule has 0 unspecified atom stereocenters. The molecule has 7 heteroatoms. The lowest BCUT2D eigenvalue weighted by molar-refractivity contribution is -0.127. The molecule has 0 aromatic carbocycles. The van der Waals surface area contributed by atoms with Crippen LogP contribution in [0.25, 0.3) is 0 Å². The van der Waals surface area contributed by atoms with Gasteiger partial charge in [0.1, 0.15) is 5.60 Å². The van der Waals surface area contributed by atoms with Crippen molar-refractivity contribution in [3.63, 3.8) is 0 Å². The number of ether oxygens (including phenoxy) is 1. The minimum Gasteiger partial charge on any atom is -0.444 e. The van der Waals surface area contributed by atoms with Crippen LogP contribution >= 0.6 is 0 Å². The summed E-state index contributed by atoms with van der Waals surface area (Å²) >= 11 is 0. The monoisotopic (exact) mass is 301 g/mol. The molecule has 0 radical (unpaired) electrons. The third-order valence-electron chi connectivity index (χ3n) is 2.63. The Hall–Kier alpha value is -1.79. The summed E-state index contributed by atoms with van der Waals surface area (Å²) in [5, 5.41) is 0. The van der Waals surface area contributed by atoms with Crippen molar-refractivity contribution in [1.82, 2.24) is 14.7 Å².